The van der Waals surface area contributed by atoms with Gasteiger partial charge in [-0.3, -0.25) is 4.98 Å². The molecule has 1 atom stereocenters. The third-order valence-electron chi connectivity index (χ3n) is 3.57. The minimum atomic E-state index is -4.43. The zero-order valence-corrected chi connectivity index (χ0v) is 14.3. The Morgan fingerprint density at radius 1 is 1.31 bits per heavy atom. The average molecular weight is 373 g/mol. The van der Waals surface area contributed by atoms with Crippen LogP contribution in [0.5, 0.6) is 5.75 Å². The lowest BCUT2D eigenvalue weighted by atomic mass is 10.1. The van der Waals surface area contributed by atoms with Crippen molar-refractivity contribution in [3.8, 4) is 5.75 Å². The van der Waals surface area contributed by atoms with E-state index < -0.39 is 30.3 Å². The molecule has 0 bridgehead atoms. The Morgan fingerprint density at radius 2 is 2.00 bits per heavy atom. The molecule has 11 heteroatoms. The van der Waals surface area contributed by atoms with Crippen molar-refractivity contribution < 1.29 is 27.4 Å². The Kier molecular flexibility index (Phi) is 5.50. The molecule has 2 aromatic heterocycles. The van der Waals surface area contributed by atoms with E-state index in [2.05, 4.69) is 20.0 Å². The maximum absolute atomic E-state index is 12.1. The van der Waals surface area contributed by atoms with Crippen molar-refractivity contribution in [2.75, 3.05) is 13.7 Å². The Balaban J connectivity index is 2.12. The van der Waals surface area contributed by atoms with Crippen LogP contribution in [0.1, 0.15) is 31.3 Å². The van der Waals surface area contributed by atoms with Gasteiger partial charge < -0.3 is 15.2 Å². The SMILES string of the molecule is COC(=O)C(C)(C)n1cc([C@@H](N)c2ccc(OCC(F)(F)F)cn2)nn1. The number of ether oxygens (including phenoxy) is 2. The van der Waals surface area contributed by atoms with E-state index in [1.54, 1.807) is 13.8 Å². The first-order valence-electron chi connectivity index (χ1n) is 7.47. The number of hydrogen-bond acceptors (Lipinski definition) is 7. The molecule has 0 aromatic carbocycles. The van der Waals surface area contributed by atoms with Crippen LogP contribution in [-0.2, 0) is 15.1 Å². The maximum atomic E-state index is 12.1. The van der Waals surface area contributed by atoms with Crippen LogP contribution < -0.4 is 10.5 Å². The lowest BCUT2D eigenvalue weighted by Crippen LogP contribution is -2.37. The molecule has 0 fully saturated rings. The summed E-state index contributed by atoms with van der Waals surface area (Å²) in [6.07, 6.45) is -1.80. The highest BCUT2D eigenvalue weighted by Gasteiger charge is 2.33. The second-order valence-electron chi connectivity index (χ2n) is 5.94. The molecule has 2 heterocycles. The number of nitrogens with two attached hydrogens (primary N) is 1. The first kappa shape index (κ1) is 19.6. The first-order valence-corrected chi connectivity index (χ1v) is 7.47. The lowest BCUT2D eigenvalue weighted by molar-refractivity contribution is -0.153. The summed E-state index contributed by atoms with van der Waals surface area (Å²) in [7, 11) is 1.26. The van der Waals surface area contributed by atoms with Gasteiger partial charge in [-0.25, -0.2) is 9.48 Å². The number of rotatable bonds is 6. The van der Waals surface area contributed by atoms with Gasteiger partial charge in [-0.2, -0.15) is 13.2 Å². The molecule has 0 aliphatic heterocycles. The molecular formula is C15H18F3N5O3. The van der Waals surface area contributed by atoms with Crippen LogP contribution in [0.15, 0.2) is 24.5 Å². The topological polar surface area (TPSA) is 105 Å². The van der Waals surface area contributed by atoms with E-state index in [0.717, 1.165) is 6.20 Å². The number of aromatic nitrogens is 4. The Bertz CT molecular complexity index is 759. The summed E-state index contributed by atoms with van der Waals surface area (Å²) in [4.78, 5) is 15.8. The van der Waals surface area contributed by atoms with Crippen LogP contribution >= 0.6 is 0 Å². The van der Waals surface area contributed by atoms with Gasteiger partial charge in [0.1, 0.15) is 11.4 Å². The van der Waals surface area contributed by atoms with Crippen LogP contribution in [0, 0.1) is 0 Å². The van der Waals surface area contributed by atoms with E-state index in [0.29, 0.717) is 11.4 Å². The van der Waals surface area contributed by atoms with Gasteiger partial charge in [-0.1, -0.05) is 5.21 Å². The lowest BCUT2D eigenvalue weighted by Gasteiger charge is -2.20. The minimum Gasteiger partial charge on any atom is -0.483 e. The molecule has 2 rings (SSSR count). The van der Waals surface area contributed by atoms with Crippen LogP contribution in [-0.4, -0.2) is 45.8 Å². The molecule has 0 aliphatic rings. The Morgan fingerprint density at radius 3 is 2.54 bits per heavy atom. The van der Waals surface area contributed by atoms with E-state index in [4.69, 9.17) is 10.5 Å². The molecule has 0 radical (unpaired) electrons. The van der Waals surface area contributed by atoms with Crippen molar-refractivity contribution in [1.29, 1.82) is 0 Å². The second kappa shape index (κ2) is 7.28. The van der Waals surface area contributed by atoms with Gasteiger partial charge >= 0.3 is 12.1 Å². The molecule has 0 aliphatic carbocycles. The normalized spacial score (nSPS) is 13.3. The van der Waals surface area contributed by atoms with E-state index in [9.17, 15) is 18.0 Å². The molecule has 2 aromatic rings. The summed E-state index contributed by atoms with van der Waals surface area (Å²) in [5.74, 6) is -0.541. The molecule has 142 valence electrons. The number of pyridine rings is 1. The van der Waals surface area contributed by atoms with Crippen molar-refractivity contribution in [2.45, 2.75) is 31.6 Å². The quantitative estimate of drug-likeness (QED) is 0.766. The van der Waals surface area contributed by atoms with Gasteiger partial charge in [-0.15, -0.1) is 5.10 Å². The van der Waals surface area contributed by atoms with Crippen molar-refractivity contribution >= 4 is 5.97 Å². The number of alkyl halides is 3. The van der Waals surface area contributed by atoms with Crippen LogP contribution in [0.2, 0.25) is 0 Å². The fourth-order valence-electron chi connectivity index (χ4n) is 2.01. The molecule has 0 amide bonds. The summed E-state index contributed by atoms with van der Waals surface area (Å²) >= 11 is 0. The van der Waals surface area contributed by atoms with Gasteiger partial charge in [-0.05, 0) is 26.0 Å². The molecular weight excluding hydrogens is 355 g/mol. The standard InChI is InChI=1S/C15H18F3N5O3/c1-14(2,13(24)25-3)23-7-11(21-22-23)12(19)10-5-4-9(6-20-10)26-8-15(16,17)18/h4-7,12H,8,19H2,1-3H3/t12-/m0/s1. The minimum absolute atomic E-state index is 0.0336. The molecule has 2 N–H and O–H groups in total. The molecule has 0 spiro atoms. The fourth-order valence-corrected chi connectivity index (χ4v) is 2.01. The molecule has 26 heavy (non-hydrogen) atoms. The predicted octanol–water partition coefficient (Wildman–Crippen LogP) is 1.57. The molecule has 0 saturated carbocycles. The largest absolute Gasteiger partial charge is 0.483 e. The molecule has 0 saturated heterocycles. The number of carbonyl (C=O) groups excluding carboxylic acids is 1. The van der Waals surface area contributed by atoms with E-state index >= 15 is 0 Å². The zero-order valence-electron chi connectivity index (χ0n) is 14.3. The van der Waals surface area contributed by atoms with E-state index in [1.165, 1.54) is 30.1 Å². The number of methoxy groups -OCH3 is 1. The average Bonchev–Trinajstić information content (AvgIpc) is 3.09. The number of hydrogen-bond donors (Lipinski definition) is 1. The highest BCUT2D eigenvalue weighted by atomic mass is 19.4. The Hall–Kier alpha value is -2.69. The summed E-state index contributed by atoms with van der Waals surface area (Å²) < 4.78 is 47.0. The monoisotopic (exact) mass is 373 g/mol. The highest BCUT2D eigenvalue weighted by Crippen LogP contribution is 2.22. The molecule has 8 nitrogen and oxygen atoms in total. The third kappa shape index (κ3) is 4.48. The summed E-state index contributed by atoms with van der Waals surface area (Å²) in [5.41, 5.74) is 5.66. The summed E-state index contributed by atoms with van der Waals surface area (Å²) in [6, 6.07) is 1.98. The fraction of sp³-hybridized carbons (Fsp3) is 0.467. The van der Waals surface area contributed by atoms with Gasteiger partial charge in [0.25, 0.3) is 0 Å². The maximum Gasteiger partial charge on any atom is 0.422 e. The number of carbonyl (C=O) groups is 1. The van der Waals surface area contributed by atoms with Crippen molar-refractivity contribution in [1.82, 2.24) is 20.0 Å². The van der Waals surface area contributed by atoms with Gasteiger partial charge in [0.05, 0.1) is 31.2 Å². The zero-order chi connectivity index (χ0) is 19.5. The van der Waals surface area contributed by atoms with Crippen molar-refractivity contribution in [2.24, 2.45) is 5.73 Å². The van der Waals surface area contributed by atoms with Crippen molar-refractivity contribution in [3.63, 3.8) is 0 Å². The number of halogens is 3. The van der Waals surface area contributed by atoms with Crippen LogP contribution in [0.3, 0.4) is 0 Å². The molecule has 0 unspecified atom stereocenters. The van der Waals surface area contributed by atoms with Crippen molar-refractivity contribution in [3.05, 3.63) is 35.9 Å². The van der Waals surface area contributed by atoms with E-state index in [1.807, 2.05) is 0 Å². The smallest absolute Gasteiger partial charge is 0.422 e. The summed E-state index contributed by atoms with van der Waals surface area (Å²) in [6.45, 7) is 1.80. The van der Waals surface area contributed by atoms with Gasteiger partial charge in [0.2, 0.25) is 0 Å². The summed E-state index contributed by atoms with van der Waals surface area (Å²) in [5, 5.41) is 7.81. The third-order valence-corrected chi connectivity index (χ3v) is 3.57. The highest BCUT2D eigenvalue weighted by molar-refractivity contribution is 5.77. The predicted molar refractivity (Wildman–Crippen MR) is 83.2 cm³/mol. The second-order valence-corrected chi connectivity index (χ2v) is 5.94. The Labute approximate surface area is 147 Å². The first-order chi connectivity index (χ1) is 12.0. The number of esters is 1. The van der Waals surface area contributed by atoms with Crippen LogP contribution in [0.4, 0.5) is 13.2 Å². The van der Waals surface area contributed by atoms with Gasteiger partial charge in [0.15, 0.2) is 12.1 Å². The van der Waals surface area contributed by atoms with Gasteiger partial charge in [0, 0.05) is 0 Å². The number of nitrogens with zero attached hydrogens (tertiary/aromatic N) is 4. The van der Waals surface area contributed by atoms with Crippen LogP contribution in [0.25, 0.3) is 0 Å². The van der Waals surface area contributed by atoms with E-state index in [-0.39, 0.29) is 5.75 Å².